The number of ether oxygens (including phenoxy) is 1. The number of aromatic nitrogens is 5. The van der Waals surface area contributed by atoms with Gasteiger partial charge in [0.05, 0.1) is 36.7 Å². The lowest BCUT2D eigenvalue weighted by atomic mass is 10.1. The third kappa shape index (κ3) is 4.13. The van der Waals surface area contributed by atoms with Crippen LogP contribution in [-0.4, -0.2) is 70.4 Å². The van der Waals surface area contributed by atoms with Gasteiger partial charge in [-0.1, -0.05) is 12.1 Å². The smallest absolute Gasteiger partial charge is 0.225 e. The molecule has 2 fully saturated rings. The largest absolute Gasteiger partial charge is 0.378 e. The minimum atomic E-state index is 0.204. The fourth-order valence-electron chi connectivity index (χ4n) is 4.53. The molecule has 0 unspecified atom stereocenters. The van der Waals surface area contributed by atoms with E-state index in [-0.39, 0.29) is 6.04 Å². The van der Waals surface area contributed by atoms with Gasteiger partial charge in [0.2, 0.25) is 5.95 Å². The Hall–Kier alpha value is -3.76. The lowest BCUT2D eigenvalue weighted by molar-refractivity contribution is 0.122. The Morgan fingerprint density at radius 1 is 0.941 bits per heavy atom. The van der Waals surface area contributed by atoms with Crippen molar-refractivity contribution < 1.29 is 4.74 Å². The van der Waals surface area contributed by atoms with Crippen LogP contribution in [0, 0.1) is 0 Å². The predicted molar refractivity (Wildman–Crippen MR) is 132 cm³/mol. The van der Waals surface area contributed by atoms with Crippen LogP contribution in [0.4, 0.5) is 23.1 Å². The molecule has 0 amide bonds. The van der Waals surface area contributed by atoms with Crippen molar-refractivity contribution in [3.8, 4) is 11.3 Å². The summed E-state index contributed by atoms with van der Waals surface area (Å²) in [5.41, 5.74) is 10.7. The molecule has 2 saturated heterocycles. The van der Waals surface area contributed by atoms with Crippen molar-refractivity contribution in [2.24, 2.45) is 5.73 Å². The van der Waals surface area contributed by atoms with E-state index in [1.165, 1.54) is 0 Å². The van der Waals surface area contributed by atoms with Gasteiger partial charge in [-0.25, -0.2) is 19.9 Å². The van der Waals surface area contributed by atoms with Gasteiger partial charge in [-0.2, -0.15) is 0 Å². The first-order chi connectivity index (χ1) is 16.7. The first kappa shape index (κ1) is 20.8. The summed E-state index contributed by atoms with van der Waals surface area (Å²) in [5.74, 6) is 1.68. The second kappa shape index (κ2) is 8.88. The number of nitrogens with two attached hydrogens (primary N) is 1. The molecule has 10 nitrogen and oxygen atoms in total. The van der Waals surface area contributed by atoms with Crippen LogP contribution < -0.4 is 20.9 Å². The van der Waals surface area contributed by atoms with E-state index in [4.69, 9.17) is 10.5 Å². The van der Waals surface area contributed by atoms with Gasteiger partial charge in [-0.3, -0.25) is 0 Å². The Bertz CT molecular complexity index is 1270. The summed E-state index contributed by atoms with van der Waals surface area (Å²) in [6.07, 6.45) is 6.21. The van der Waals surface area contributed by atoms with Gasteiger partial charge < -0.3 is 30.6 Å². The number of morpholine rings is 1. The van der Waals surface area contributed by atoms with E-state index in [1.807, 2.05) is 24.5 Å². The Morgan fingerprint density at radius 2 is 1.74 bits per heavy atom. The number of nitrogens with one attached hydrogen (secondary N) is 2. The third-order valence-electron chi connectivity index (χ3n) is 6.35. The highest BCUT2D eigenvalue weighted by Crippen LogP contribution is 2.30. The van der Waals surface area contributed by atoms with Gasteiger partial charge in [0.25, 0.3) is 0 Å². The summed E-state index contributed by atoms with van der Waals surface area (Å²) >= 11 is 0. The molecule has 0 spiro atoms. The van der Waals surface area contributed by atoms with Crippen molar-refractivity contribution in [2.75, 3.05) is 54.5 Å². The number of anilines is 4. The van der Waals surface area contributed by atoms with E-state index in [0.29, 0.717) is 0 Å². The highest BCUT2D eigenvalue weighted by atomic mass is 16.5. The van der Waals surface area contributed by atoms with Crippen LogP contribution in [-0.2, 0) is 4.74 Å². The molecule has 174 valence electrons. The number of H-pyrrole nitrogens is 1. The van der Waals surface area contributed by atoms with Gasteiger partial charge in [0.1, 0.15) is 17.8 Å². The molecule has 34 heavy (non-hydrogen) atoms. The normalized spacial score (nSPS) is 18.6. The summed E-state index contributed by atoms with van der Waals surface area (Å²) < 4.78 is 5.48. The van der Waals surface area contributed by atoms with E-state index in [9.17, 15) is 0 Å². The maximum Gasteiger partial charge on any atom is 0.225 e. The number of hydrogen-bond acceptors (Lipinski definition) is 9. The predicted octanol–water partition coefficient (Wildman–Crippen LogP) is 2.53. The molecule has 1 aromatic carbocycles. The lowest BCUT2D eigenvalue weighted by Gasteiger charge is -2.27. The fraction of sp³-hybridized carbons (Fsp3) is 0.333. The van der Waals surface area contributed by atoms with Crippen molar-refractivity contribution in [3.63, 3.8) is 0 Å². The highest BCUT2D eigenvalue weighted by molar-refractivity contribution is 5.92. The van der Waals surface area contributed by atoms with Crippen molar-refractivity contribution in [1.29, 1.82) is 0 Å². The zero-order chi connectivity index (χ0) is 22.9. The second-order valence-electron chi connectivity index (χ2n) is 8.71. The van der Waals surface area contributed by atoms with Crippen LogP contribution in [0.5, 0.6) is 0 Å². The van der Waals surface area contributed by atoms with Crippen molar-refractivity contribution in [3.05, 3.63) is 49.1 Å². The molecular formula is C24H27N9O. The summed E-state index contributed by atoms with van der Waals surface area (Å²) in [7, 11) is 0. The Kier molecular flexibility index (Phi) is 5.44. The molecule has 3 aromatic heterocycles. The van der Waals surface area contributed by atoms with Gasteiger partial charge in [0, 0.05) is 43.6 Å². The van der Waals surface area contributed by atoms with Gasteiger partial charge in [0.15, 0.2) is 0 Å². The SMILES string of the molecule is N[C@@H]1CCN(c2ncc(Nc3ccc(-c4cc5c(N6CCOCC6)ncnc5[nH]4)cc3)cn2)C1. The molecule has 0 aliphatic carbocycles. The maximum absolute atomic E-state index is 5.99. The summed E-state index contributed by atoms with van der Waals surface area (Å²) in [6.45, 7) is 4.82. The molecule has 6 rings (SSSR count). The van der Waals surface area contributed by atoms with Crippen molar-refractivity contribution >= 4 is 34.2 Å². The second-order valence-corrected chi connectivity index (χ2v) is 8.71. The number of nitrogens with zero attached hydrogens (tertiary/aromatic N) is 6. The van der Waals surface area contributed by atoms with E-state index >= 15 is 0 Å². The quantitative estimate of drug-likeness (QED) is 0.415. The number of rotatable bonds is 5. The van der Waals surface area contributed by atoms with Crippen LogP contribution in [0.1, 0.15) is 6.42 Å². The first-order valence-electron chi connectivity index (χ1n) is 11.6. The summed E-state index contributed by atoms with van der Waals surface area (Å²) in [6, 6.07) is 10.6. The number of fused-ring (bicyclic) bond motifs is 1. The topological polar surface area (TPSA) is 121 Å². The molecule has 0 bridgehead atoms. The molecule has 2 aliphatic rings. The molecule has 5 heterocycles. The van der Waals surface area contributed by atoms with Crippen LogP contribution in [0.15, 0.2) is 49.1 Å². The summed E-state index contributed by atoms with van der Waals surface area (Å²) in [5, 5.41) is 4.39. The highest BCUT2D eigenvalue weighted by Gasteiger charge is 2.21. The maximum atomic E-state index is 5.99. The zero-order valence-corrected chi connectivity index (χ0v) is 18.8. The summed E-state index contributed by atoms with van der Waals surface area (Å²) in [4.78, 5) is 25.8. The molecule has 0 saturated carbocycles. The number of benzene rings is 1. The number of hydrogen-bond donors (Lipinski definition) is 3. The molecule has 10 heteroatoms. The lowest BCUT2D eigenvalue weighted by Crippen LogP contribution is -2.36. The average molecular weight is 458 g/mol. The minimum Gasteiger partial charge on any atom is -0.378 e. The Labute approximate surface area is 197 Å². The average Bonchev–Trinajstić information content (AvgIpc) is 3.52. The fourth-order valence-corrected chi connectivity index (χ4v) is 4.53. The molecule has 2 aliphatic heterocycles. The molecule has 1 atom stereocenters. The van der Waals surface area contributed by atoms with E-state index in [1.54, 1.807) is 6.33 Å². The first-order valence-corrected chi connectivity index (χ1v) is 11.6. The molecule has 4 aromatic rings. The molecule has 4 N–H and O–H groups in total. The molecular weight excluding hydrogens is 430 g/mol. The van der Waals surface area contributed by atoms with Crippen molar-refractivity contribution in [2.45, 2.75) is 12.5 Å². The Balaban J connectivity index is 1.18. The van der Waals surface area contributed by atoms with E-state index in [0.717, 1.165) is 91.2 Å². The van der Waals surface area contributed by atoms with Crippen LogP contribution in [0.25, 0.3) is 22.3 Å². The van der Waals surface area contributed by atoms with Gasteiger partial charge in [-0.15, -0.1) is 0 Å². The number of aromatic amines is 1. The zero-order valence-electron chi connectivity index (χ0n) is 18.8. The minimum absolute atomic E-state index is 0.204. The third-order valence-corrected chi connectivity index (χ3v) is 6.35. The molecule has 0 radical (unpaired) electrons. The standard InChI is InChI=1S/C24H27N9O/c25-17-5-6-33(14-17)24-26-12-19(13-27-24)30-18-3-1-16(2-4-18)21-11-20-22(31-21)28-15-29-23(20)32-7-9-34-10-8-32/h1-4,11-13,15,17,30H,5-10,14,25H2,(H,28,29,31)/t17-/m1/s1. The monoisotopic (exact) mass is 457 g/mol. The van der Waals surface area contributed by atoms with Crippen LogP contribution >= 0.6 is 0 Å². The van der Waals surface area contributed by atoms with Gasteiger partial charge in [-0.05, 0) is 30.2 Å². The van der Waals surface area contributed by atoms with Crippen LogP contribution in [0.2, 0.25) is 0 Å². The van der Waals surface area contributed by atoms with E-state index < -0.39 is 0 Å². The Morgan fingerprint density at radius 3 is 2.47 bits per heavy atom. The van der Waals surface area contributed by atoms with Gasteiger partial charge >= 0.3 is 0 Å². The van der Waals surface area contributed by atoms with Crippen LogP contribution in [0.3, 0.4) is 0 Å². The van der Waals surface area contributed by atoms with E-state index in [2.05, 4.69) is 58.2 Å². The van der Waals surface area contributed by atoms with Crippen molar-refractivity contribution in [1.82, 2.24) is 24.9 Å².